The van der Waals surface area contributed by atoms with E-state index in [1.54, 1.807) is 24.3 Å². The van der Waals surface area contributed by atoms with Crippen molar-refractivity contribution in [2.45, 2.75) is 26.3 Å². The van der Waals surface area contributed by atoms with Crippen LogP contribution in [-0.2, 0) is 9.59 Å². The molecular weight excluding hydrogens is 298 g/mol. The van der Waals surface area contributed by atoms with Gasteiger partial charge in [0.25, 0.3) is 5.56 Å². The van der Waals surface area contributed by atoms with E-state index in [4.69, 9.17) is 5.11 Å². The second kappa shape index (κ2) is 7.04. The van der Waals surface area contributed by atoms with Crippen molar-refractivity contribution in [1.82, 2.24) is 14.9 Å². The van der Waals surface area contributed by atoms with Gasteiger partial charge in [-0.05, 0) is 18.1 Å². The molecular formula is C16H19N3O4. The highest BCUT2D eigenvalue weighted by atomic mass is 16.4. The zero-order chi connectivity index (χ0) is 17.0. The molecule has 0 fully saturated rings. The van der Waals surface area contributed by atoms with E-state index >= 15 is 0 Å². The van der Waals surface area contributed by atoms with Gasteiger partial charge in [-0.2, -0.15) is 0 Å². The number of carboxylic acids is 1. The van der Waals surface area contributed by atoms with Crippen LogP contribution in [0.4, 0.5) is 0 Å². The number of carboxylic acid groups (broad SMARTS) is 1. The van der Waals surface area contributed by atoms with E-state index in [0.29, 0.717) is 10.9 Å². The summed E-state index contributed by atoms with van der Waals surface area (Å²) in [6.45, 7) is 3.67. The Bertz CT molecular complexity index is 782. The number of carbonyl (C=O) groups is 2. The summed E-state index contributed by atoms with van der Waals surface area (Å²) in [6, 6.07) is 6.19. The number of carbonyl (C=O) groups excluding carboxylic acids is 1. The Morgan fingerprint density at radius 1 is 1.30 bits per heavy atom. The molecule has 0 spiro atoms. The lowest BCUT2D eigenvalue weighted by Gasteiger charge is -2.22. The van der Waals surface area contributed by atoms with Crippen LogP contribution in [-0.4, -0.2) is 33.1 Å². The molecule has 1 atom stereocenters. The number of nitrogens with zero attached hydrogens (tertiary/aromatic N) is 2. The Morgan fingerprint density at radius 3 is 2.65 bits per heavy atom. The predicted octanol–water partition coefficient (Wildman–Crippen LogP) is 1.18. The lowest BCUT2D eigenvalue weighted by Crippen LogP contribution is -2.40. The molecule has 122 valence electrons. The van der Waals surface area contributed by atoms with E-state index in [-0.39, 0.29) is 30.3 Å². The third-order valence-corrected chi connectivity index (χ3v) is 3.53. The van der Waals surface area contributed by atoms with Gasteiger partial charge in [0.15, 0.2) is 0 Å². The third kappa shape index (κ3) is 3.74. The average Bonchev–Trinajstić information content (AvgIpc) is 2.49. The Morgan fingerprint density at radius 2 is 2.00 bits per heavy atom. The smallest absolute Gasteiger partial charge is 0.305 e. The van der Waals surface area contributed by atoms with Gasteiger partial charge in [0.2, 0.25) is 5.91 Å². The summed E-state index contributed by atoms with van der Waals surface area (Å²) in [5.74, 6) is -1.53. The van der Waals surface area contributed by atoms with Gasteiger partial charge >= 0.3 is 5.97 Å². The monoisotopic (exact) mass is 317 g/mol. The van der Waals surface area contributed by atoms with Gasteiger partial charge < -0.3 is 10.4 Å². The first-order valence-electron chi connectivity index (χ1n) is 7.37. The molecule has 1 aromatic heterocycles. The Hall–Kier alpha value is -2.70. The Balaban J connectivity index is 2.34. The minimum Gasteiger partial charge on any atom is -0.481 e. The van der Waals surface area contributed by atoms with Crippen LogP contribution in [0.15, 0.2) is 35.4 Å². The van der Waals surface area contributed by atoms with Crippen LogP contribution in [0.2, 0.25) is 0 Å². The number of benzene rings is 1. The van der Waals surface area contributed by atoms with E-state index < -0.39 is 12.0 Å². The summed E-state index contributed by atoms with van der Waals surface area (Å²) in [7, 11) is 0. The van der Waals surface area contributed by atoms with Gasteiger partial charge in [-0.3, -0.25) is 19.0 Å². The number of fused-ring (bicyclic) bond motifs is 1. The summed E-state index contributed by atoms with van der Waals surface area (Å²) >= 11 is 0. The first kappa shape index (κ1) is 16.7. The van der Waals surface area contributed by atoms with Crippen molar-refractivity contribution in [2.24, 2.45) is 5.92 Å². The molecule has 0 saturated heterocycles. The minimum atomic E-state index is -0.990. The van der Waals surface area contributed by atoms with Crippen LogP contribution in [0.1, 0.15) is 26.3 Å². The minimum absolute atomic E-state index is 0.0210. The molecule has 1 heterocycles. The topological polar surface area (TPSA) is 101 Å². The van der Waals surface area contributed by atoms with E-state index in [1.807, 2.05) is 13.8 Å². The summed E-state index contributed by atoms with van der Waals surface area (Å²) in [5.41, 5.74) is 0.283. The number of aromatic nitrogens is 2. The molecule has 0 radical (unpaired) electrons. The maximum Gasteiger partial charge on any atom is 0.305 e. The van der Waals surface area contributed by atoms with Crippen LogP contribution in [0, 0.1) is 5.92 Å². The summed E-state index contributed by atoms with van der Waals surface area (Å²) in [4.78, 5) is 39.7. The number of hydrogen-bond acceptors (Lipinski definition) is 4. The van der Waals surface area contributed by atoms with Crippen molar-refractivity contribution in [1.29, 1.82) is 0 Å². The van der Waals surface area contributed by atoms with Gasteiger partial charge in [0.05, 0.1) is 23.7 Å². The van der Waals surface area contributed by atoms with Crippen molar-refractivity contribution >= 4 is 22.8 Å². The standard InChI is InChI=1S/C16H19N3O4/c1-10(2)14(15(22)17-8-7-13(20)21)19-9-18-12-6-4-3-5-11(12)16(19)23/h3-6,9-10,14H,7-8H2,1-2H3,(H,17,22)(H,20,21)/t14-/m0/s1. The van der Waals surface area contributed by atoms with Crippen molar-refractivity contribution < 1.29 is 14.7 Å². The van der Waals surface area contributed by atoms with Crippen LogP contribution in [0.5, 0.6) is 0 Å². The molecule has 0 aliphatic heterocycles. The molecule has 7 heteroatoms. The molecule has 0 saturated carbocycles. The summed E-state index contributed by atoms with van der Waals surface area (Å²) < 4.78 is 1.31. The van der Waals surface area contributed by atoms with E-state index in [2.05, 4.69) is 10.3 Å². The highest BCUT2D eigenvalue weighted by Gasteiger charge is 2.25. The second-order valence-corrected chi connectivity index (χ2v) is 5.60. The predicted molar refractivity (Wildman–Crippen MR) is 85.1 cm³/mol. The van der Waals surface area contributed by atoms with Gasteiger partial charge in [-0.25, -0.2) is 4.98 Å². The van der Waals surface area contributed by atoms with Crippen molar-refractivity contribution in [3.63, 3.8) is 0 Å². The van der Waals surface area contributed by atoms with Gasteiger partial charge in [-0.15, -0.1) is 0 Å². The Kier molecular flexibility index (Phi) is 5.10. The molecule has 2 rings (SSSR count). The molecule has 0 aliphatic carbocycles. The maximum absolute atomic E-state index is 12.6. The second-order valence-electron chi connectivity index (χ2n) is 5.60. The van der Waals surface area contributed by atoms with Crippen LogP contribution >= 0.6 is 0 Å². The maximum atomic E-state index is 12.6. The number of nitrogens with one attached hydrogen (secondary N) is 1. The van der Waals surface area contributed by atoms with Gasteiger partial charge in [0.1, 0.15) is 6.04 Å². The normalized spacial score (nSPS) is 12.3. The zero-order valence-electron chi connectivity index (χ0n) is 13.0. The molecule has 0 unspecified atom stereocenters. The molecule has 7 nitrogen and oxygen atoms in total. The van der Waals surface area contributed by atoms with Crippen LogP contribution in [0.25, 0.3) is 10.9 Å². The van der Waals surface area contributed by atoms with Gasteiger partial charge in [-0.1, -0.05) is 26.0 Å². The highest BCUT2D eigenvalue weighted by Crippen LogP contribution is 2.17. The molecule has 1 amide bonds. The summed E-state index contributed by atoms with van der Waals surface area (Å²) in [5, 5.41) is 11.6. The van der Waals surface area contributed by atoms with Crippen LogP contribution in [0.3, 0.4) is 0 Å². The third-order valence-electron chi connectivity index (χ3n) is 3.53. The van der Waals surface area contributed by atoms with Crippen LogP contribution < -0.4 is 10.9 Å². The van der Waals surface area contributed by atoms with E-state index in [0.717, 1.165) is 0 Å². The van der Waals surface area contributed by atoms with Crippen molar-refractivity contribution in [3.05, 3.63) is 40.9 Å². The first-order valence-corrected chi connectivity index (χ1v) is 7.37. The lowest BCUT2D eigenvalue weighted by molar-refractivity contribution is -0.137. The van der Waals surface area contributed by atoms with E-state index in [9.17, 15) is 14.4 Å². The Labute approximate surface area is 133 Å². The van der Waals surface area contributed by atoms with E-state index in [1.165, 1.54) is 10.9 Å². The number of hydrogen-bond donors (Lipinski definition) is 2. The molecule has 0 bridgehead atoms. The largest absolute Gasteiger partial charge is 0.481 e. The number of amides is 1. The molecule has 0 aliphatic rings. The number of aliphatic carboxylic acids is 1. The molecule has 23 heavy (non-hydrogen) atoms. The van der Waals surface area contributed by atoms with Gasteiger partial charge in [0, 0.05) is 6.54 Å². The number of rotatable bonds is 6. The summed E-state index contributed by atoms with van der Waals surface area (Å²) in [6.07, 6.45) is 1.20. The molecule has 1 aromatic carbocycles. The SMILES string of the molecule is CC(C)[C@@H](C(=O)NCCC(=O)O)n1cnc2ccccc2c1=O. The lowest BCUT2D eigenvalue weighted by atomic mass is 10.0. The average molecular weight is 317 g/mol. The fraction of sp³-hybridized carbons (Fsp3) is 0.375. The van der Waals surface area contributed by atoms with Crippen molar-refractivity contribution in [3.8, 4) is 0 Å². The first-order chi connectivity index (χ1) is 10.9. The molecule has 2 aromatic rings. The molecule has 2 N–H and O–H groups in total. The fourth-order valence-corrected chi connectivity index (χ4v) is 2.43. The fourth-order valence-electron chi connectivity index (χ4n) is 2.43. The quantitative estimate of drug-likeness (QED) is 0.833. The van der Waals surface area contributed by atoms with Crippen molar-refractivity contribution in [2.75, 3.05) is 6.54 Å². The highest BCUT2D eigenvalue weighted by molar-refractivity contribution is 5.82. The zero-order valence-corrected chi connectivity index (χ0v) is 13.0. The number of para-hydroxylation sites is 1.